The third kappa shape index (κ3) is 2.36. The summed E-state index contributed by atoms with van der Waals surface area (Å²) < 4.78 is 39.7. The molecule has 2 aromatic rings. The van der Waals surface area contributed by atoms with Crippen LogP contribution in [0.3, 0.4) is 0 Å². The minimum atomic E-state index is -4.29. The van der Waals surface area contributed by atoms with Crippen molar-refractivity contribution in [1.82, 2.24) is 9.88 Å². The van der Waals surface area contributed by atoms with Gasteiger partial charge < -0.3 is 9.88 Å². The molecule has 5 heteroatoms. The van der Waals surface area contributed by atoms with Crippen molar-refractivity contribution >= 4 is 10.9 Å². The second kappa shape index (κ2) is 4.65. The van der Waals surface area contributed by atoms with Crippen molar-refractivity contribution in [2.45, 2.75) is 12.6 Å². The minimum absolute atomic E-state index is 0.601. The van der Waals surface area contributed by atoms with E-state index in [1.54, 1.807) is 17.7 Å². The maximum atomic E-state index is 12.6. The number of benzene rings is 1. The van der Waals surface area contributed by atoms with Crippen molar-refractivity contribution in [2.75, 3.05) is 13.6 Å². The highest BCUT2D eigenvalue weighted by atomic mass is 19.4. The van der Waals surface area contributed by atoms with Crippen LogP contribution in [0.5, 0.6) is 0 Å². The molecule has 0 aliphatic rings. The molecule has 2 rings (SSSR count). The number of nitrogens with zero attached hydrogens (tertiary/aromatic N) is 1. The van der Waals surface area contributed by atoms with Crippen LogP contribution in [0, 0.1) is 0 Å². The lowest BCUT2D eigenvalue weighted by Gasteiger charge is -2.07. The van der Waals surface area contributed by atoms with Gasteiger partial charge in [-0.25, -0.2) is 0 Å². The number of alkyl halides is 3. The molecule has 0 bridgehead atoms. The standard InChI is InChI=1S/C13H15F3N2/c1-17-6-5-9-8-18(2)12-7-10(13(14,15)16)3-4-11(9)12/h3-4,7-8,17H,5-6H2,1-2H3. The summed E-state index contributed by atoms with van der Waals surface area (Å²) in [6.45, 7) is 0.806. The average Bonchev–Trinajstić information content (AvgIpc) is 2.62. The molecule has 1 heterocycles. The van der Waals surface area contributed by atoms with Crippen LogP contribution in [0.15, 0.2) is 24.4 Å². The third-order valence-corrected chi connectivity index (χ3v) is 3.04. The van der Waals surface area contributed by atoms with Gasteiger partial charge in [-0.1, -0.05) is 6.07 Å². The third-order valence-electron chi connectivity index (χ3n) is 3.04. The Morgan fingerprint density at radius 1 is 1.28 bits per heavy atom. The maximum absolute atomic E-state index is 12.6. The van der Waals surface area contributed by atoms with Crippen molar-refractivity contribution in [3.8, 4) is 0 Å². The molecule has 0 atom stereocenters. The Kier molecular flexibility index (Phi) is 3.34. The highest BCUT2D eigenvalue weighted by Crippen LogP contribution is 2.32. The van der Waals surface area contributed by atoms with E-state index in [1.165, 1.54) is 6.07 Å². The van der Waals surface area contributed by atoms with Crippen molar-refractivity contribution < 1.29 is 13.2 Å². The summed E-state index contributed by atoms with van der Waals surface area (Å²) in [6.07, 6.45) is -1.59. The molecule has 0 amide bonds. The second-order valence-corrected chi connectivity index (χ2v) is 4.35. The minimum Gasteiger partial charge on any atom is -0.350 e. The van der Waals surface area contributed by atoms with Crippen LogP contribution in [0.2, 0.25) is 0 Å². The Bertz CT molecular complexity index is 555. The molecule has 98 valence electrons. The highest BCUT2D eigenvalue weighted by molar-refractivity contribution is 5.84. The summed E-state index contributed by atoms with van der Waals surface area (Å²) >= 11 is 0. The molecule has 1 aromatic heterocycles. The Balaban J connectivity index is 2.49. The number of halogens is 3. The first-order valence-corrected chi connectivity index (χ1v) is 5.73. The number of aryl methyl sites for hydroxylation is 1. The van der Waals surface area contributed by atoms with E-state index in [0.717, 1.165) is 30.0 Å². The highest BCUT2D eigenvalue weighted by Gasteiger charge is 2.30. The Hall–Kier alpha value is -1.49. The van der Waals surface area contributed by atoms with Crippen molar-refractivity contribution in [1.29, 1.82) is 0 Å². The lowest BCUT2D eigenvalue weighted by Crippen LogP contribution is -2.10. The van der Waals surface area contributed by atoms with Gasteiger partial charge in [0.2, 0.25) is 0 Å². The molecular formula is C13H15F3N2. The van der Waals surface area contributed by atoms with E-state index in [9.17, 15) is 13.2 Å². The van der Waals surface area contributed by atoms with Crippen LogP contribution in [0.4, 0.5) is 13.2 Å². The van der Waals surface area contributed by atoms with E-state index in [0.29, 0.717) is 5.52 Å². The molecule has 0 saturated carbocycles. The number of hydrogen-bond acceptors (Lipinski definition) is 1. The van der Waals surface area contributed by atoms with Crippen LogP contribution >= 0.6 is 0 Å². The molecule has 18 heavy (non-hydrogen) atoms. The van der Waals surface area contributed by atoms with E-state index >= 15 is 0 Å². The molecule has 0 spiro atoms. The lowest BCUT2D eigenvalue weighted by molar-refractivity contribution is -0.137. The number of rotatable bonds is 3. The number of likely N-dealkylation sites (N-methyl/N-ethyl adjacent to an activating group) is 1. The zero-order chi connectivity index (χ0) is 13.3. The van der Waals surface area contributed by atoms with Crippen LogP contribution in [-0.4, -0.2) is 18.2 Å². The van der Waals surface area contributed by atoms with Crippen LogP contribution in [0.25, 0.3) is 10.9 Å². The summed E-state index contributed by atoms with van der Waals surface area (Å²) in [6, 6.07) is 3.91. The van der Waals surface area contributed by atoms with E-state index in [1.807, 2.05) is 13.2 Å². The first-order chi connectivity index (χ1) is 8.43. The Labute approximate surface area is 103 Å². The van der Waals surface area contributed by atoms with Gasteiger partial charge in [0.25, 0.3) is 0 Å². The predicted octanol–water partition coefficient (Wildman–Crippen LogP) is 2.96. The van der Waals surface area contributed by atoms with Gasteiger partial charge in [-0.15, -0.1) is 0 Å². The van der Waals surface area contributed by atoms with Gasteiger partial charge in [0.15, 0.2) is 0 Å². The molecule has 1 aromatic carbocycles. The van der Waals surface area contributed by atoms with E-state index in [2.05, 4.69) is 5.32 Å². The molecule has 0 saturated heterocycles. The molecule has 0 unspecified atom stereocenters. The monoisotopic (exact) mass is 256 g/mol. The quantitative estimate of drug-likeness (QED) is 0.893. The molecule has 2 nitrogen and oxygen atoms in total. The summed E-state index contributed by atoms with van der Waals surface area (Å²) in [7, 11) is 3.62. The fourth-order valence-electron chi connectivity index (χ4n) is 2.10. The van der Waals surface area contributed by atoms with Crippen LogP contribution in [0.1, 0.15) is 11.1 Å². The summed E-state index contributed by atoms with van der Waals surface area (Å²) in [4.78, 5) is 0. The first kappa shape index (κ1) is 13.0. The largest absolute Gasteiger partial charge is 0.416 e. The van der Waals surface area contributed by atoms with Gasteiger partial charge in [0.05, 0.1) is 5.56 Å². The van der Waals surface area contributed by atoms with E-state index < -0.39 is 11.7 Å². The van der Waals surface area contributed by atoms with Crippen molar-refractivity contribution in [2.24, 2.45) is 7.05 Å². The van der Waals surface area contributed by atoms with Crippen LogP contribution in [-0.2, 0) is 19.6 Å². The summed E-state index contributed by atoms with van der Waals surface area (Å²) in [5, 5.41) is 3.93. The van der Waals surface area contributed by atoms with E-state index in [4.69, 9.17) is 0 Å². The lowest BCUT2D eigenvalue weighted by atomic mass is 10.1. The number of hydrogen-bond donors (Lipinski definition) is 1. The number of nitrogens with one attached hydrogen (secondary N) is 1. The molecule has 0 aliphatic heterocycles. The Morgan fingerprint density at radius 2 is 2.00 bits per heavy atom. The van der Waals surface area contributed by atoms with Crippen LogP contribution < -0.4 is 5.32 Å². The summed E-state index contributed by atoms with van der Waals surface area (Å²) in [5.41, 5.74) is 1.09. The first-order valence-electron chi connectivity index (χ1n) is 5.73. The average molecular weight is 256 g/mol. The fourth-order valence-corrected chi connectivity index (χ4v) is 2.10. The van der Waals surface area contributed by atoms with E-state index in [-0.39, 0.29) is 0 Å². The Morgan fingerprint density at radius 3 is 2.61 bits per heavy atom. The van der Waals surface area contributed by atoms with Gasteiger partial charge in [-0.3, -0.25) is 0 Å². The number of fused-ring (bicyclic) bond motifs is 1. The fraction of sp³-hybridized carbons (Fsp3) is 0.385. The molecule has 0 fully saturated rings. The SMILES string of the molecule is CNCCc1cn(C)c2cc(C(F)(F)F)ccc12. The number of aromatic nitrogens is 1. The molecule has 0 aliphatic carbocycles. The van der Waals surface area contributed by atoms with Crippen molar-refractivity contribution in [3.05, 3.63) is 35.5 Å². The molecule has 1 N–H and O–H groups in total. The smallest absolute Gasteiger partial charge is 0.350 e. The van der Waals surface area contributed by atoms with Gasteiger partial charge in [0, 0.05) is 24.1 Å². The maximum Gasteiger partial charge on any atom is 0.416 e. The zero-order valence-electron chi connectivity index (χ0n) is 10.3. The van der Waals surface area contributed by atoms with Gasteiger partial charge in [-0.2, -0.15) is 13.2 Å². The van der Waals surface area contributed by atoms with Gasteiger partial charge in [-0.05, 0) is 37.7 Å². The predicted molar refractivity (Wildman–Crippen MR) is 65.6 cm³/mol. The zero-order valence-corrected chi connectivity index (χ0v) is 10.3. The topological polar surface area (TPSA) is 17.0 Å². The van der Waals surface area contributed by atoms with Crippen molar-refractivity contribution in [3.63, 3.8) is 0 Å². The molecular weight excluding hydrogens is 241 g/mol. The second-order valence-electron chi connectivity index (χ2n) is 4.35. The normalized spacial score (nSPS) is 12.3. The summed E-state index contributed by atoms with van der Waals surface area (Å²) in [5.74, 6) is 0. The van der Waals surface area contributed by atoms with Gasteiger partial charge >= 0.3 is 6.18 Å². The van der Waals surface area contributed by atoms with Gasteiger partial charge in [0.1, 0.15) is 0 Å². The molecule has 0 radical (unpaired) electrons.